The second-order valence-corrected chi connectivity index (χ2v) is 2.45. The fourth-order valence-corrected chi connectivity index (χ4v) is 0.750. The van der Waals surface area contributed by atoms with Crippen LogP contribution >= 0.6 is 0 Å². The van der Waals surface area contributed by atoms with E-state index in [-0.39, 0.29) is 11.3 Å². The van der Waals surface area contributed by atoms with Crippen LogP contribution in [0.4, 0.5) is 0 Å². The quantitative estimate of drug-likeness (QED) is 0.555. The van der Waals surface area contributed by atoms with Crippen molar-refractivity contribution in [3.63, 3.8) is 0 Å². The molecule has 0 aliphatic heterocycles. The molecule has 3 N–H and O–H groups in total. The van der Waals surface area contributed by atoms with Crippen LogP contribution in [-0.4, -0.2) is 25.0 Å². The smallest absolute Gasteiger partial charge is 0.153 e. The molecule has 0 spiro atoms. The topological polar surface area (TPSA) is 72.5 Å². The van der Waals surface area contributed by atoms with Gasteiger partial charge in [0.2, 0.25) is 0 Å². The number of aromatic hydroxyl groups is 1. The Morgan fingerprint density at radius 1 is 1.67 bits per heavy atom. The van der Waals surface area contributed by atoms with Gasteiger partial charge in [0.05, 0.1) is 19.2 Å². The van der Waals surface area contributed by atoms with E-state index < -0.39 is 0 Å². The molecule has 1 aromatic rings. The summed E-state index contributed by atoms with van der Waals surface area (Å²) in [5.41, 5.74) is 5.06. The lowest BCUT2D eigenvalue weighted by atomic mass is 10.2. The van der Waals surface area contributed by atoms with Crippen LogP contribution in [-0.2, 0) is 0 Å². The third-order valence-corrected chi connectivity index (χ3v) is 1.48. The van der Waals surface area contributed by atoms with Crippen LogP contribution in [0.15, 0.2) is 18.2 Å². The molecule has 4 nitrogen and oxygen atoms in total. The molecule has 0 amide bonds. The van der Waals surface area contributed by atoms with Gasteiger partial charge in [0, 0.05) is 6.07 Å². The standard InChI is InChI=1S/C8H8O3.C3H5N/c1-11-7-3-2-6(5-9)8(10)4-7;1-2-3-4/h2-5,10H,1H3;1H,3-4H2. The highest BCUT2D eigenvalue weighted by atomic mass is 16.5. The molecule has 1 rings (SSSR count). The van der Waals surface area contributed by atoms with Gasteiger partial charge in [0.1, 0.15) is 11.5 Å². The lowest BCUT2D eigenvalue weighted by Crippen LogP contribution is -1.91. The molecule has 0 radical (unpaired) electrons. The number of rotatable bonds is 2. The molecular formula is C11H13NO3. The highest BCUT2D eigenvalue weighted by Gasteiger charge is 1.99. The number of methoxy groups -OCH3 is 1. The summed E-state index contributed by atoms with van der Waals surface area (Å²) in [5.74, 6) is 2.69. The Hall–Kier alpha value is -1.99. The minimum atomic E-state index is -0.0562. The Kier molecular flexibility index (Phi) is 6.43. The third-order valence-electron chi connectivity index (χ3n) is 1.48. The number of phenols is 1. The first kappa shape index (κ1) is 13.0. The van der Waals surface area contributed by atoms with Crippen molar-refractivity contribution >= 4 is 6.29 Å². The lowest BCUT2D eigenvalue weighted by Gasteiger charge is -2.00. The number of hydrogen-bond acceptors (Lipinski definition) is 4. The van der Waals surface area contributed by atoms with E-state index in [1.807, 2.05) is 0 Å². The fourth-order valence-electron chi connectivity index (χ4n) is 0.750. The number of terminal acetylenes is 1. The predicted octanol–water partition coefficient (Wildman–Crippen LogP) is 0.792. The lowest BCUT2D eigenvalue weighted by molar-refractivity contribution is 0.112. The van der Waals surface area contributed by atoms with E-state index in [1.165, 1.54) is 19.2 Å². The van der Waals surface area contributed by atoms with E-state index in [1.54, 1.807) is 6.07 Å². The maximum absolute atomic E-state index is 10.2. The molecule has 80 valence electrons. The zero-order valence-electron chi connectivity index (χ0n) is 8.43. The zero-order chi connectivity index (χ0) is 11.7. The average molecular weight is 207 g/mol. The molecule has 4 heteroatoms. The first-order valence-corrected chi connectivity index (χ1v) is 4.15. The SMILES string of the molecule is C#CCN.COc1ccc(C=O)c(O)c1. The monoisotopic (exact) mass is 207 g/mol. The normalized spacial score (nSPS) is 8.07. The molecule has 0 heterocycles. The average Bonchev–Trinajstić information content (AvgIpc) is 2.29. The Balaban J connectivity index is 0.000000423. The van der Waals surface area contributed by atoms with E-state index in [2.05, 4.69) is 12.3 Å². The van der Waals surface area contributed by atoms with Crippen LogP contribution in [0.25, 0.3) is 0 Å². The maximum atomic E-state index is 10.2. The van der Waals surface area contributed by atoms with E-state index in [0.29, 0.717) is 18.6 Å². The number of hydrogen-bond donors (Lipinski definition) is 2. The molecule has 0 saturated heterocycles. The van der Waals surface area contributed by atoms with Crippen molar-refractivity contribution in [2.45, 2.75) is 0 Å². The predicted molar refractivity (Wildman–Crippen MR) is 57.9 cm³/mol. The van der Waals surface area contributed by atoms with Gasteiger partial charge in [-0.05, 0) is 12.1 Å². The van der Waals surface area contributed by atoms with Crippen LogP contribution in [0.3, 0.4) is 0 Å². The number of aldehydes is 1. The van der Waals surface area contributed by atoms with Crippen LogP contribution in [0.1, 0.15) is 10.4 Å². The molecule has 0 unspecified atom stereocenters. The number of nitrogens with two attached hydrogens (primary N) is 1. The Bertz CT molecular complexity index is 355. The van der Waals surface area contributed by atoms with E-state index >= 15 is 0 Å². The molecule has 0 aliphatic carbocycles. The minimum absolute atomic E-state index is 0.0562. The fraction of sp³-hybridized carbons (Fsp3) is 0.182. The zero-order valence-corrected chi connectivity index (χ0v) is 8.43. The number of phenolic OH excluding ortho intramolecular Hbond substituents is 1. The summed E-state index contributed by atoms with van der Waals surface area (Å²) in [6.45, 7) is 0.347. The van der Waals surface area contributed by atoms with Gasteiger partial charge >= 0.3 is 0 Å². The number of ether oxygens (including phenoxy) is 1. The molecular weight excluding hydrogens is 194 g/mol. The van der Waals surface area contributed by atoms with Gasteiger partial charge in [0.15, 0.2) is 6.29 Å². The Labute approximate surface area is 88.7 Å². The minimum Gasteiger partial charge on any atom is -0.507 e. The van der Waals surface area contributed by atoms with Gasteiger partial charge in [-0.15, -0.1) is 6.42 Å². The van der Waals surface area contributed by atoms with Crippen LogP contribution < -0.4 is 10.5 Å². The third kappa shape index (κ3) is 4.69. The molecule has 0 atom stereocenters. The van der Waals surface area contributed by atoms with Crippen molar-refractivity contribution in [2.75, 3.05) is 13.7 Å². The summed E-state index contributed by atoms with van der Waals surface area (Å²) in [6, 6.07) is 4.51. The molecule has 15 heavy (non-hydrogen) atoms. The summed E-state index contributed by atoms with van der Waals surface area (Å²) < 4.78 is 4.82. The van der Waals surface area contributed by atoms with Crippen molar-refractivity contribution in [3.8, 4) is 23.8 Å². The van der Waals surface area contributed by atoms with Crippen LogP contribution in [0.5, 0.6) is 11.5 Å². The first-order valence-electron chi connectivity index (χ1n) is 4.15. The highest BCUT2D eigenvalue weighted by molar-refractivity contribution is 5.79. The Morgan fingerprint density at radius 2 is 2.27 bits per heavy atom. The summed E-state index contributed by atoms with van der Waals surface area (Å²) in [5, 5.41) is 9.11. The molecule has 0 bridgehead atoms. The van der Waals surface area contributed by atoms with Crippen LogP contribution in [0, 0.1) is 12.3 Å². The number of carbonyl (C=O) groups is 1. The summed E-state index contributed by atoms with van der Waals surface area (Å²) in [6.07, 6.45) is 5.24. The van der Waals surface area contributed by atoms with E-state index in [4.69, 9.17) is 15.6 Å². The van der Waals surface area contributed by atoms with Gasteiger partial charge in [-0.2, -0.15) is 0 Å². The Morgan fingerprint density at radius 3 is 2.60 bits per heavy atom. The van der Waals surface area contributed by atoms with Crippen molar-refractivity contribution in [2.24, 2.45) is 5.73 Å². The van der Waals surface area contributed by atoms with E-state index in [9.17, 15) is 4.79 Å². The van der Waals surface area contributed by atoms with Gasteiger partial charge in [0.25, 0.3) is 0 Å². The van der Waals surface area contributed by atoms with Crippen molar-refractivity contribution in [1.29, 1.82) is 0 Å². The second-order valence-electron chi connectivity index (χ2n) is 2.45. The highest BCUT2D eigenvalue weighted by Crippen LogP contribution is 2.21. The largest absolute Gasteiger partial charge is 0.507 e. The molecule has 0 aliphatic rings. The molecule has 1 aromatic carbocycles. The number of benzene rings is 1. The van der Waals surface area contributed by atoms with Gasteiger partial charge in [-0.3, -0.25) is 4.79 Å². The maximum Gasteiger partial charge on any atom is 0.153 e. The van der Waals surface area contributed by atoms with Crippen LogP contribution in [0.2, 0.25) is 0 Å². The molecule has 0 fully saturated rings. The molecule has 0 aromatic heterocycles. The summed E-state index contributed by atoms with van der Waals surface area (Å²) in [7, 11) is 1.50. The van der Waals surface area contributed by atoms with Gasteiger partial charge in [-0.1, -0.05) is 5.92 Å². The van der Waals surface area contributed by atoms with E-state index in [0.717, 1.165) is 0 Å². The number of carbonyl (C=O) groups excluding carboxylic acids is 1. The first-order chi connectivity index (χ1) is 7.19. The van der Waals surface area contributed by atoms with Crippen molar-refractivity contribution in [3.05, 3.63) is 23.8 Å². The molecule has 0 saturated carbocycles. The summed E-state index contributed by atoms with van der Waals surface area (Å²) in [4.78, 5) is 10.2. The van der Waals surface area contributed by atoms with Gasteiger partial charge in [-0.25, -0.2) is 0 Å². The summed E-state index contributed by atoms with van der Waals surface area (Å²) >= 11 is 0. The van der Waals surface area contributed by atoms with Crippen molar-refractivity contribution in [1.82, 2.24) is 0 Å². The van der Waals surface area contributed by atoms with Crippen molar-refractivity contribution < 1.29 is 14.6 Å². The second kappa shape index (κ2) is 7.42. The van der Waals surface area contributed by atoms with Gasteiger partial charge < -0.3 is 15.6 Å².